The third kappa shape index (κ3) is 10.4. The van der Waals surface area contributed by atoms with Gasteiger partial charge in [-0.25, -0.2) is 0 Å². The first-order valence-electron chi connectivity index (χ1n) is 17.1. The maximum atomic E-state index is 13.8. The van der Waals surface area contributed by atoms with Gasteiger partial charge in [-0.1, -0.05) is 44.5 Å². The van der Waals surface area contributed by atoms with Crippen molar-refractivity contribution in [3.8, 4) is 5.75 Å². The van der Waals surface area contributed by atoms with Gasteiger partial charge in [0.2, 0.25) is 17.7 Å². The fourth-order valence-corrected chi connectivity index (χ4v) is 5.66. The average Bonchev–Trinajstić information content (AvgIpc) is 3.12. The molecule has 3 aromatic rings. The van der Waals surface area contributed by atoms with Crippen LogP contribution in [-0.2, 0) is 27.3 Å². The molecule has 0 radical (unpaired) electrons. The second-order valence-electron chi connectivity index (χ2n) is 12.9. The van der Waals surface area contributed by atoms with Crippen molar-refractivity contribution >= 4 is 29.5 Å². The highest BCUT2D eigenvalue weighted by molar-refractivity contribution is 5.99. The van der Waals surface area contributed by atoms with Gasteiger partial charge in [-0.05, 0) is 79.6 Å². The summed E-state index contributed by atoms with van der Waals surface area (Å²) in [5.74, 6) is -1.65. The summed E-state index contributed by atoms with van der Waals surface area (Å²) in [6.07, 6.45) is 5.17. The van der Waals surface area contributed by atoms with Crippen LogP contribution in [0, 0.1) is 12.8 Å². The molecule has 1 aromatic heterocycles. The molecule has 0 spiro atoms. The number of nitrogens with one attached hydrogen (secondary N) is 4. The lowest BCUT2D eigenvalue weighted by Crippen LogP contribution is -2.58. The summed E-state index contributed by atoms with van der Waals surface area (Å²) < 4.78 is 5.25. The number of rotatable bonds is 6. The molecule has 266 valence electrons. The van der Waals surface area contributed by atoms with E-state index in [0.717, 1.165) is 16.7 Å². The summed E-state index contributed by atoms with van der Waals surface area (Å²) >= 11 is 0. The fraction of sp³-hybridized carbons (Fsp3) is 0.421. The Balaban J connectivity index is 1.61. The number of methoxy groups -OCH3 is 1. The van der Waals surface area contributed by atoms with Crippen LogP contribution in [0.2, 0.25) is 0 Å². The summed E-state index contributed by atoms with van der Waals surface area (Å²) in [6, 6.07) is 13.0. The standard InChI is InChI=1S/C38H48N6O6/c1-6-25(3)33-37(48)42-32(20-27-11-15-31(50-5)16-12-27)36(47)41-26(4)34(45)40-17-7-8-18-44(38(49)30-19-24(2)21-39-22-30)23-28-9-13-29(14-10-28)35(46)43-33/h9-16,19,21-22,25-26,32-33H,6-8,17-18,20,23H2,1-5H3,(H,40,45)(H,41,47)(H,42,48)(H,43,46)/t25-,26+,32-,33?/m0/s1. The van der Waals surface area contributed by atoms with Crippen LogP contribution in [0.5, 0.6) is 5.75 Å². The number of benzene rings is 2. The number of fused-ring (bicyclic) bond motifs is 18. The van der Waals surface area contributed by atoms with Crippen LogP contribution < -0.4 is 26.0 Å². The normalized spacial score (nSPS) is 20.4. The van der Waals surface area contributed by atoms with Crippen LogP contribution in [-0.4, -0.2) is 77.7 Å². The zero-order valence-corrected chi connectivity index (χ0v) is 29.5. The Morgan fingerprint density at radius 1 is 0.940 bits per heavy atom. The van der Waals surface area contributed by atoms with E-state index >= 15 is 0 Å². The molecule has 12 nitrogen and oxygen atoms in total. The third-order valence-electron chi connectivity index (χ3n) is 8.92. The number of aryl methyl sites for hydroxylation is 1. The number of amides is 5. The second kappa shape index (κ2) is 17.9. The minimum absolute atomic E-state index is 0.145. The predicted molar refractivity (Wildman–Crippen MR) is 189 cm³/mol. The number of carbonyl (C=O) groups is 5. The van der Waals surface area contributed by atoms with Crippen molar-refractivity contribution < 1.29 is 28.7 Å². The minimum atomic E-state index is -1.03. The molecule has 12 heteroatoms. The predicted octanol–water partition coefficient (Wildman–Crippen LogP) is 3.33. The Bertz CT molecular complexity index is 1640. The molecule has 0 aliphatic carbocycles. The van der Waals surface area contributed by atoms with Gasteiger partial charge in [-0.2, -0.15) is 0 Å². The largest absolute Gasteiger partial charge is 0.497 e. The molecule has 2 bridgehead atoms. The highest BCUT2D eigenvalue weighted by Gasteiger charge is 2.31. The van der Waals surface area contributed by atoms with Gasteiger partial charge in [0.05, 0.1) is 12.7 Å². The van der Waals surface area contributed by atoms with Crippen LogP contribution in [0.25, 0.3) is 0 Å². The molecule has 3 heterocycles. The average molecular weight is 685 g/mol. The summed E-state index contributed by atoms with van der Waals surface area (Å²) in [4.78, 5) is 73.4. The molecule has 2 aliphatic heterocycles. The summed E-state index contributed by atoms with van der Waals surface area (Å²) in [5.41, 5.74) is 3.29. The van der Waals surface area contributed by atoms with Gasteiger partial charge in [0.25, 0.3) is 11.8 Å². The number of aromatic nitrogens is 1. The monoisotopic (exact) mass is 684 g/mol. The van der Waals surface area contributed by atoms with Gasteiger partial charge in [-0.3, -0.25) is 29.0 Å². The second-order valence-corrected chi connectivity index (χ2v) is 12.9. The summed E-state index contributed by atoms with van der Waals surface area (Å²) in [7, 11) is 1.56. The quantitative estimate of drug-likeness (QED) is 0.290. The van der Waals surface area contributed by atoms with Gasteiger partial charge in [-0.15, -0.1) is 0 Å². The fourth-order valence-electron chi connectivity index (χ4n) is 5.66. The van der Waals surface area contributed by atoms with E-state index in [2.05, 4.69) is 26.3 Å². The van der Waals surface area contributed by atoms with Gasteiger partial charge < -0.3 is 30.9 Å². The first-order valence-corrected chi connectivity index (χ1v) is 17.1. The maximum absolute atomic E-state index is 13.8. The molecule has 4 atom stereocenters. The van der Waals surface area contributed by atoms with Crippen molar-refractivity contribution in [1.82, 2.24) is 31.2 Å². The van der Waals surface area contributed by atoms with Crippen LogP contribution in [0.4, 0.5) is 0 Å². The Labute approximate surface area is 293 Å². The lowest BCUT2D eigenvalue weighted by Gasteiger charge is -2.27. The zero-order valence-electron chi connectivity index (χ0n) is 29.5. The van der Waals surface area contributed by atoms with Gasteiger partial charge in [0, 0.05) is 44.0 Å². The van der Waals surface area contributed by atoms with Gasteiger partial charge in [0.15, 0.2) is 0 Å². The Hall–Kier alpha value is -5.26. The first kappa shape index (κ1) is 37.6. The maximum Gasteiger partial charge on any atom is 0.255 e. The van der Waals surface area contributed by atoms with Crippen LogP contribution in [0.1, 0.15) is 77.4 Å². The van der Waals surface area contributed by atoms with Crippen molar-refractivity contribution in [2.24, 2.45) is 5.92 Å². The molecule has 0 saturated heterocycles. The number of nitrogens with zero attached hydrogens (tertiary/aromatic N) is 2. The van der Waals surface area contributed by atoms with Crippen LogP contribution >= 0.6 is 0 Å². The number of carbonyl (C=O) groups excluding carboxylic acids is 5. The molecule has 2 aliphatic rings. The summed E-state index contributed by atoms with van der Waals surface area (Å²) in [6.45, 7) is 8.30. The van der Waals surface area contributed by atoms with Crippen molar-refractivity contribution in [2.75, 3.05) is 20.2 Å². The highest BCUT2D eigenvalue weighted by atomic mass is 16.5. The molecule has 5 amide bonds. The smallest absolute Gasteiger partial charge is 0.255 e. The van der Waals surface area contributed by atoms with Crippen molar-refractivity contribution in [3.63, 3.8) is 0 Å². The number of ether oxygens (including phenoxy) is 1. The van der Waals surface area contributed by atoms with Gasteiger partial charge >= 0.3 is 0 Å². The lowest BCUT2D eigenvalue weighted by atomic mass is 9.96. The molecule has 1 unspecified atom stereocenters. The first-order chi connectivity index (χ1) is 24.0. The molecular weight excluding hydrogens is 636 g/mol. The Morgan fingerprint density at radius 2 is 1.66 bits per heavy atom. The van der Waals surface area contributed by atoms with Crippen molar-refractivity contribution in [3.05, 3.63) is 94.8 Å². The van der Waals surface area contributed by atoms with E-state index in [1.54, 1.807) is 85.9 Å². The molecule has 50 heavy (non-hydrogen) atoms. The topological polar surface area (TPSA) is 159 Å². The molecule has 4 N–H and O–H groups in total. The van der Waals surface area contributed by atoms with E-state index in [1.165, 1.54) is 0 Å². The SMILES string of the molecule is CC[C@H](C)C1NC(=O)c2ccc(cc2)CN(C(=O)c2cncc(C)c2)CCCCNC(=O)[C@@H](C)NC(=O)[C@H](Cc2ccc(OC)cc2)NC1=O. The molecule has 5 rings (SSSR count). The van der Waals surface area contributed by atoms with Crippen LogP contribution in [0.15, 0.2) is 67.0 Å². The highest BCUT2D eigenvalue weighted by Crippen LogP contribution is 2.17. The molecule has 0 saturated carbocycles. The number of hydrogen-bond acceptors (Lipinski definition) is 7. The molecule has 2 aromatic carbocycles. The summed E-state index contributed by atoms with van der Waals surface area (Å²) in [5, 5.41) is 11.3. The van der Waals surface area contributed by atoms with E-state index in [1.807, 2.05) is 20.8 Å². The molecule has 0 fully saturated rings. The zero-order chi connectivity index (χ0) is 36.2. The van der Waals surface area contributed by atoms with Crippen molar-refractivity contribution in [2.45, 2.75) is 78.0 Å². The molecular formula is C38H48N6O6. The van der Waals surface area contributed by atoms with Crippen LogP contribution in [0.3, 0.4) is 0 Å². The van der Waals surface area contributed by atoms with E-state index in [4.69, 9.17) is 4.74 Å². The van der Waals surface area contributed by atoms with E-state index < -0.39 is 35.8 Å². The van der Waals surface area contributed by atoms with E-state index in [0.29, 0.717) is 55.8 Å². The lowest BCUT2D eigenvalue weighted by molar-refractivity contribution is -0.132. The van der Waals surface area contributed by atoms with Gasteiger partial charge in [0.1, 0.15) is 23.9 Å². The van der Waals surface area contributed by atoms with Crippen molar-refractivity contribution in [1.29, 1.82) is 0 Å². The van der Waals surface area contributed by atoms with E-state index in [-0.39, 0.29) is 24.2 Å². The third-order valence-corrected chi connectivity index (χ3v) is 8.92. The Kier molecular flexibility index (Phi) is 13.5. The number of pyridine rings is 1. The number of hydrogen-bond donors (Lipinski definition) is 4. The van der Waals surface area contributed by atoms with E-state index in [9.17, 15) is 24.0 Å². The minimum Gasteiger partial charge on any atom is -0.497 e. The Morgan fingerprint density at radius 3 is 2.32 bits per heavy atom.